The van der Waals surface area contributed by atoms with Crippen molar-refractivity contribution in [3.8, 4) is 5.75 Å². The number of hydrogen-bond acceptors (Lipinski definition) is 5. The number of methoxy groups -OCH3 is 1. The lowest BCUT2D eigenvalue weighted by Crippen LogP contribution is -2.18. The molecule has 0 radical (unpaired) electrons. The summed E-state index contributed by atoms with van der Waals surface area (Å²) < 4.78 is 10.8. The number of fused-ring (bicyclic) bond motifs is 2. The molecule has 0 spiro atoms. The summed E-state index contributed by atoms with van der Waals surface area (Å²) in [6.45, 7) is -0.303. The van der Waals surface area contributed by atoms with E-state index in [9.17, 15) is 9.59 Å². The molecule has 5 nitrogen and oxygen atoms in total. The number of para-hydroxylation sites is 1. The Balaban J connectivity index is 1.52. The molecule has 0 fully saturated rings. The molecule has 0 saturated heterocycles. The van der Waals surface area contributed by atoms with Gasteiger partial charge < -0.3 is 9.47 Å². The van der Waals surface area contributed by atoms with Crippen LogP contribution in [-0.4, -0.2) is 30.5 Å². The van der Waals surface area contributed by atoms with E-state index in [0.29, 0.717) is 11.1 Å². The van der Waals surface area contributed by atoms with Crippen LogP contribution in [0.25, 0.3) is 22.6 Å². The molecule has 1 heterocycles. The van der Waals surface area contributed by atoms with Crippen molar-refractivity contribution in [1.82, 2.24) is 4.98 Å². The number of ketones is 1. The lowest BCUT2D eigenvalue weighted by molar-refractivity contribution is 0.0475. The van der Waals surface area contributed by atoms with Gasteiger partial charge >= 0.3 is 5.97 Å². The molecule has 35 heavy (non-hydrogen) atoms. The normalized spacial score (nSPS) is 13.9. The van der Waals surface area contributed by atoms with Crippen molar-refractivity contribution in [3.05, 3.63) is 107 Å². The van der Waals surface area contributed by atoms with E-state index in [1.807, 2.05) is 54.6 Å². The van der Waals surface area contributed by atoms with Crippen LogP contribution in [-0.2, 0) is 11.2 Å². The maximum absolute atomic E-state index is 13.4. The average molecular weight is 464 g/mol. The third kappa shape index (κ3) is 4.71. The summed E-state index contributed by atoms with van der Waals surface area (Å²) >= 11 is 0. The van der Waals surface area contributed by atoms with E-state index in [2.05, 4.69) is 6.08 Å². The number of benzene rings is 3. The molecule has 0 saturated carbocycles. The van der Waals surface area contributed by atoms with E-state index in [1.54, 1.807) is 31.4 Å². The van der Waals surface area contributed by atoms with Gasteiger partial charge in [0, 0.05) is 10.9 Å². The van der Waals surface area contributed by atoms with Gasteiger partial charge in [0.2, 0.25) is 0 Å². The molecule has 1 aliphatic carbocycles. The average Bonchev–Trinajstić information content (AvgIpc) is 2.91. The Morgan fingerprint density at radius 2 is 1.66 bits per heavy atom. The molecule has 0 amide bonds. The van der Waals surface area contributed by atoms with Gasteiger partial charge in [0.05, 0.1) is 23.9 Å². The van der Waals surface area contributed by atoms with Crippen molar-refractivity contribution < 1.29 is 19.1 Å². The van der Waals surface area contributed by atoms with Crippen LogP contribution >= 0.6 is 0 Å². The Hall–Kier alpha value is -4.25. The van der Waals surface area contributed by atoms with E-state index < -0.39 is 5.97 Å². The van der Waals surface area contributed by atoms with Crippen LogP contribution < -0.4 is 4.74 Å². The van der Waals surface area contributed by atoms with Crippen LogP contribution in [0, 0.1) is 0 Å². The smallest absolute Gasteiger partial charge is 0.339 e. The van der Waals surface area contributed by atoms with Crippen LogP contribution in [0.4, 0.5) is 0 Å². The highest BCUT2D eigenvalue weighted by atomic mass is 16.5. The van der Waals surface area contributed by atoms with Gasteiger partial charge in [-0.3, -0.25) is 4.79 Å². The standard InChI is InChI=1S/C30H25NO4/c1-34-23-16-14-20(15-17-23)18-22-10-7-12-25-28(24-11-5-6-13-26(24)31-29(22)25)30(33)35-19-27(32)21-8-3-2-4-9-21/h2-6,8-9,11,13-18H,7,10,12,19H2,1H3. The van der Waals surface area contributed by atoms with E-state index in [0.717, 1.165) is 58.3 Å². The van der Waals surface area contributed by atoms with Crippen molar-refractivity contribution in [2.75, 3.05) is 13.7 Å². The topological polar surface area (TPSA) is 65.5 Å². The van der Waals surface area contributed by atoms with Gasteiger partial charge in [0.1, 0.15) is 5.75 Å². The number of esters is 1. The number of aromatic nitrogens is 1. The minimum Gasteiger partial charge on any atom is -0.497 e. The van der Waals surface area contributed by atoms with Crippen LogP contribution in [0.3, 0.4) is 0 Å². The first-order valence-corrected chi connectivity index (χ1v) is 11.7. The number of hydrogen-bond donors (Lipinski definition) is 0. The van der Waals surface area contributed by atoms with Crippen molar-refractivity contribution in [2.24, 2.45) is 0 Å². The van der Waals surface area contributed by atoms with Crippen molar-refractivity contribution in [3.63, 3.8) is 0 Å². The van der Waals surface area contributed by atoms with Gasteiger partial charge in [-0.2, -0.15) is 0 Å². The zero-order valence-corrected chi connectivity index (χ0v) is 19.5. The number of Topliss-reactive ketones (excluding diaryl/α,β-unsaturated/α-hetero) is 1. The largest absolute Gasteiger partial charge is 0.497 e. The highest BCUT2D eigenvalue weighted by Crippen LogP contribution is 2.36. The molecule has 1 aliphatic rings. The van der Waals surface area contributed by atoms with Gasteiger partial charge in [0.15, 0.2) is 12.4 Å². The summed E-state index contributed by atoms with van der Waals surface area (Å²) in [6, 6.07) is 24.3. The summed E-state index contributed by atoms with van der Waals surface area (Å²) in [5, 5.41) is 0.745. The van der Waals surface area contributed by atoms with Crippen molar-refractivity contribution in [1.29, 1.82) is 0 Å². The van der Waals surface area contributed by atoms with Crippen LogP contribution in [0.5, 0.6) is 5.75 Å². The summed E-state index contributed by atoms with van der Waals surface area (Å²) in [7, 11) is 1.65. The molecule has 0 unspecified atom stereocenters. The summed E-state index contributed by atoms with van der Waals surface area (Å²) in [6.07, 6.45) is 4.61. The fraction of sp³-hybridized carbons (Fsp3) is 0.167. The number of allylic oxidation sites excluding steroid dienone is 1. The van der Waals surface area contributed by atoms with Crippen LogP contribution in [0.2, 0.25) is 0 Å². The molecular weight excluding hydrogens is 438 g/mol. The van der Waals surface area contributed by atoms with Gasteiger partial charge in [-0.05, 0) is 60.2 Å². The van der Waals surface area contributed by atoms with Crippen molar-refractivity contribution >= 4 is 34.3 Å². The molecule has 0 aliphatic heterocycles. The monoisotopic (exact) mass is 463 g/mol. The number of ether oxygens (including phenoxy) is 2. The quantitative estimate of drug-likeness (QED) is 0.253. The second kappa shape index (κ2) is 9.94. The Bertz CT molecular complexity index is 1420. The molecule has 0 atom stereocenters. The third-order valence-electron chi connectivity index (χ3n) is 6.26. The molecule has 0 bridgehead atoms. The van der Waals surface area contributed by atoms with E-state index in [4.69, 9.17) is 14.5 Å². The zero-order valence-electron chi connectivity index (χ0n) is 19.5. The SMILES string of the molecule is COc1ccc(C=C2CCCc3c2nc2ccccc2c3C(=O)OCC(=O)c2ccccc2)cc1. The first-order chi connectivity index (χ1) is 17.1. The van der Waals surface area contributed by atoms with E-state index in [-0.39, 0.29) is 12.4 Å². The second-order valence-electron chi connectivity index (χ2n) is 8.49. The van der Waals surface area contributed by atoms with Crippen molar-refractivity contribution in [2.45, 2.75) is 19.3 Å². The fourth-order valence-corrected chi connectivity index (χ4v) is 4.52. The minimum atomic E-state index is -0.491. The maximum atomic E-state index is 13.4. The van der Waals surface area contributed by atoms with E-state index >= 15 is 0 Å². The fourth-order valence-electron chi connectivity index (χ4n) is 4.52. The molecule has 3 aromatic carbocycles. The number of nitrogens with zero attached hydrogens (tertiary/aromatic N) is 1. The van der Waals surface area contributed by atoms with Gasteiger partial charge in [-0.1, -0.05) is 60.7 Å². The highest BCUT2D eigenvalue weighted by Gasteiger charge is 2.26. The Labute approximate surface area is 204 Å². The van der Waals surface area contributed by atoms with Gasteiger partial charge in [0.25, 0.3) is 0 Å². The van der Waals surface area contributed by atoms with Gasteiger partial charge in [-0.25, -0.2) is 9.78 Å². The molecular formula is C30H25NO4. The molecule has 0 N–H and O–H groups in total. The Morgan fingerprint density at radius 3 is 2.43 bits per heavy atom. The predicted octanol–water partition coefficient (Wildman–Crippen LogP) is 6.16. The Kier molecular flexibility index (Phi) is 6.40. The number of carbonyl (C=O) groups excluding carboxylic acids is 2. The molecule has 5 rings (SSSR count). The summed E-state index contributed by atoms with van der Waals surface area (Å²) in [5.41, 5.74) is 5.59. The second-order valence-corrected chi connectivity index (χ2v) is 8.49. The number of carbonyl (C=O) groups is 2. The summed E-state index contributed by atoms with van der Waals surface area (Å²) in [4.78, 5) is 30.8. The Morgan fingerprint density at radius 1 is 0.914 bits per heavy atom. The summed E-state index contributed by atoms with van der Waals surface area (Å²) in [5.74, 6) is 0.0801. The lowest BCUT2D eigenvalue weighted by atomic mass is 9.86. The molecule has 5 heteroatoms. The third-order valence-corrected chi connectivity index (χ3v) is 6.26. The molecule has 1 aromatic heterocycles. The number of rotatable bonds is 6. The first kappa shape index (κ1) is 22.5. The number of pyridine rings is 1. The van der Waals surface area contributed by atoms with E-state index in [1.165, 1.54) is 0 Å². The lowest BCUT2D eigenvalue weighted by Gasteiger charge is -2.22. The molecule has 174 valence electrons. The van der Waals surface area contributed by atoms with Crippen LogP contribution in [0.15, 0.2) is 78.9 Å². The predicted molar refractivity (Wildman–Crippen MR) is 137 cm³/mol. The van der Waals surface area contributed by atoms with Gasteiger partial charge in [-0.15, -0.1) is 0 Å². The zero-order chi connectivity index (χ0) is 24.2. The maximum Gasteiger partial charge on any atom is 0.339 e. The minimum absolute atomic E-state index is 0.230. The molecule has 4 aromatic rings. The highest BCUT2D eigenvalue weighted by molar-refractivity contribution is 6.08. The first-order valence-electron chi connectivity index (χ1n) is 11.7. The van der Waals surface area contributed by atoms with Crippen LogP contribution in [0.1, 0.15) is 50.4 Å².